The van der Waals surface area contributed by atoms with Gasteiger partial charge in [0.05, 0.1) is 0 Å². The Morgan fingerprint density at radius 3 is 2.79 bits per heavy atom. The number of hydrogen-bond acceptors (Lipinski definition) is 3. The molecule has 2 aromatic rings. The van der Waals surface area contributed by atoms with Crippen LogP contribution in [0.4, 0.5) is 5.69 Å². The fraction of sp³-hybridized carbons (Fsp3) is 0.267. The van der Waals surface area contributed by atoms with Crippen molar-refractivity contribution in [2.75, 3.05) is 11.9 Å². The molecule has 3 nitrogen and oxygen atoms in total. The van der Waals surface area contributed by atoms with Gasteiger partial charge in [0.1, 0.15) is 0 Å². The molecule has 0 saturated heterocycles. The maximum absolute atomic E-state index is 6.01. The lowest BCUT2D eigenvalue weighted by molar-refractivity contribution is 0.895. The van der Waals surface area contributed by atoms with Crippen LogP contribution in [0, 0.1) is 6.92 Å². The maximum Gasteiger partial charge on any atom is 0.0445 e. The van der Waals surface area contributed by atoms with Gasteiger partial charge < -0.3 is 10.6 Å². The minimum Gasteiger partial charge on any atom is -0.370 e. The molecule has 100 valence electrons. The SMILES string of the molecule is Cc1cc(N(C)Cc2cccc(Cl)c2)c(CN)cn1. The number of pyridine rings is 1. The van der Waals surface area contributed by atoms with E-state index in [1.54, 1.807) is 0 Å². The van der Waals surface area contributed by atoms with Gasteiger partial charge >= 0.3 is 0 Å². The molecule has 0 unspecified atom stereocenters. The van der Waals surface area contributed by atoms with Gasteiger partial charge in [-0.25, -0.2) is 0 Å². The van der Waals surface area contributed by atoms with Crippen LogP contribution in [0.3, 0.4) is 0 Å². The van der Waals surface area contributed by atoms with Crippen LogP contribution in [-0.4, -0.2) is 12.0 Å². The number of nitrogens with two attached hydrogens (primary N) is 1. The number of anilines is 1. The van der Waals surface area contributed by atoms with E-state index in [1.165, 1.54) is 5.56 Å². The van der Waals surface area contributed by atoms with E-state index in [9.17, 15) is 0 Å². The van der Waals surface area contributed by atoms with Gasteiger partial charge in [0.15, 0.2) is 0 Å². The van der Waals surface area contributed by atoms with E-state index in [0.29, 0.717) is 6.54 Å². The molecule has 0 bridgehead atoms. The summed E-state index contributed by atoms with van der Waals surface area (Å²) in [5.41, 5.74) is 10.1. The Hall–Kier alpha value is -1.58. The Bertz CT molecular complexity index is 569. The van der Waals surface area contributed by atoms with Gasteiger partial charge in [0.25, 0.3) is 0 Å². The Morgan fingerprint density at radius 1 is 1.32 bits per heavy atom. The molecule has 0 saturated carbocycles. The fourth-order valence-electron chi connectivity index (χ4n) is 2.08. The third-order valence-electron chi connectivity index (χ3n) is 3.04. The van der Waals surface area contributed by atoms with Gasteiger partial charge in [-0.05, 0) is 30.7 Å². The van der Waals surface area contributed by atoms with Crippen molar-refractivity contribution in [3.8, 4) is 0 Å². The van der Waals surface area contributed by atoms with Gasteiger partial charge in [-0.2, -0.15) is 0 Å². The predicted molar refractivity (Wildman–Crippen MR) is 80.4 cm³/mol. The van der Waals surface area contributed by atoms with Crippen LogP contribution in [0.1, 0.15) is 16.8 Å². The number of benzene rings is 1. The molecule has 1 aromatic carbocycles. The van der Waals surface area contributed by atoms with Crippen molar-refractivity contribution in [3.63, 3.8) is 0 Å². The summed E-state index contributed by atoms with van der Waals surface area (Å²) in [4.78, 5) is 6.46. The van der Waals surface area contributed by atoms with E-state index < -0.39 is 0 Å². The van der Waals surface area contributed by atoms with Crippen LogP contribution in [-0.2, 0) is 13.1 Å². The Kier molecular flexibility index (Phi) is 4.40. The molecule has 0 atom stereocenters. The maximum atomic E-state index is 6.01. The molecule has 0 fully saturated rings. The number of nitrogens with zero attached hydrogens (tertiary/aromatic N) is 2. The van der Waals surface area contributed by atoms with Crippen LogP contribution >= 0.6 is 11.6 Å². The summed E-state index contributed by atoms with van der Waals surface area (Å²) in [5.74, 6) is 0. The first-order valence-corrected chi connectivity index (χ1v) is 6.59. The molecular weight excluding hydrogens is 258 g/mol. The van der Waals surface area contributed by atoms with E-state index in [4.69, 9.17) is 17.3 Å². The van der Waals surface area contributed by atoms with Crippen LogP contribution in [0.2, 0.25) is 5.02 Å². The van der Waals surface area contributed by atoms with Crippen molar-refractivity contribution in [2.24, 2.45) is 5.73 Å². The van der Waals surface area contributed by atoms with Gasteiger partial charge in [0, 0.05) is 48.3 Å². The normalized spacial score (nSPS) is 10.5. The largest absolute Gasteiger partial charge is 0.370 e. The molecule has 1 heterocycles. The van der Waals surface area contributed by atoms with Gasteiger partial charge in [0.2, 0.25) is 0 Å². The molecule has 0 radical (unpaired) electrons. The molecule has 4 heteroatoms. The third kappa shape index (κ3) is 3.46. The Morgan fingerprint density at radius 2 is 2.11 bits per heavy atom. The zero-order chi connectivity index (χ0) is 13.8. The second-order valence-electron chi connectivity index (χ2n) is 4.64. The molecule has 0 aliphatic carbocycles. The minimum absolute atomic E-state index is 0.489. The van der Waals surface area contributed by atoms with Crippen LogP contribution in [0.5, 0.6) is 0 Å². The van der Waals surface area contributed by atoms with Crippen molar-refractivity contribution in [1.29, 1.82) is 0 Å². The number of rotatable bonds is 4. The lowest BCUT2D eigenvalue weighted by atomic mass is 10.1. The summed E-state index contributed by atoms with van der Waals surface area (Å²) in [6.45, 7) is 3.26. The fourth-order valence-corrected chi connectivity index (χ4v) is 2.29. The average molecular weight is 276 g/mol. The lowest BCUT2D eigenvalue weighted by Gasteiger charge is -2.22. The van der Waals surface area contributed by atoms with Crippen LogP contribution in [0.25, 0.3) is 0 Å². The zero-order valence-electron chi connectivity index (χ0n) is 11.2. The first-order chi connectivity index (χ1) is 9.10. The number of aromatic nitrogens is 1. The van der Waals surface area contributed by atoms with Gasteiger partial charge in [-0.1, -0.05) is 23.7 Å². The smallest absolute Gasteiger partial charge is 0.0445 e. The van der Waals surface area contributed by atoms with E-state index >= 15 is 0 Å². The molecule has 0 aliphatic rings. The monoisotopic (exact) mass is 275 g/mol. The zero-order valence-corrected chi connectivity index (χ0v) is 12.0. The van der Waals surface area contributed by atoms with E-state index in [2.05, 4.69) is 29.1 Å². The summed E-state index contributed by atoms with van der Waals surface area (Å²) < 4.78 is 0. The molecule has 2 N–H and O–H groups in total. The van der Waals surface area contributed by atoms with Crippen molar-refractivity contribution in [3.05, 3.63) is 58.4 Å². The molecule has 0 spiro atoms. The molecule has 19 heavy (non-hydrogen) atoms. The van der Waals surface area contributed by atoms with E-state index in [1.807, 2.05) is 31.3 Å². The van der Waals surface area contributed by atoms with Crippen molar-refractivity contribution in [2.45, 2.75) is 20.0 Å². The molecule has 0 aliphatic heterocycles. The highest BCUT2D eigenvalue weighted by molar-refractivity contribution is 6.30. The quantitative estimate of drug-likeness (QED) is 0.932. The molecule has 2 rings (SSSR count). The first kappa shape index (κ1) is 13.8. The van der Waals surface area contributed by atoms with Crippen LogP contribution in [0.15, 0.2) is 36.5 Å². The van der Waals surface area contributed by atoms with Gasteiger partial charge in [-0.15, -0.1) is 0 Å². The minimum atomic E-state index is 0.489. The highest BCUT2D eigenvalue weighted by atomic mass is 35.5. The highest BCUT2D eigenvalue weighted by Gasteiger charge is 2.08. The number of hydrogen-bond donors (Lipinski definition) is 1. The molecule has 0 amide bonds. The number of halogens is 1. The topological polar surface area (TPSA) is 42.1 Å². The Labute approximate surface area is 119 Å². The molecule has 1 aromatic heterocycles. The van der Waals surface area contributed by atoms with E-state index in [0.717, 1.165) is 28.5 Å². The second-order valence-corrected chi connectivity index (χ2v) is 5.08. The summed E-state index contributed by atoms with van der Waals surface area (Å²) >= 11 is 6.01. The average Bonchev–Trinajstić information content (AvgIpc) is 2.38. The highest BCUT2D eigenvalue weighted by Crippen LogP contribution is 2.22. The second kappa shape index (κ2) is 6.04. The molecular formula is C15H18ClN3. The van der Waals surface area contributed by atoms with Crippen molar-refractivity contribution in [1.82, 2.24) is 4.98 Å². The number of aryl methyl sites for hydroxylation is 1. The Balaban J connectivity index is 2.24. The van der Waals surface area contributed by atoms with Crippen molar-refractivity contribution < 1.29 is 0 Å². The lowest BCUT2D eigenvalue weighted by Crippen LogP contribution is -2.19. The van der Waals surface area contributed by atoms with Crippen LogP contribution < -0.4 is 10.6 Å². The van der Waals surface area contributed by atoms with Crippen molar-refractivity contribution >= 4 is 17.3 Å². The standard InChI is InChI=1S/C15H18ClN3/c1-11-6-15(13(8-17)9-18-11)19(2)10-12-4-3-5-14(16)7-12/h3-7,9H,8,10,17H2,1-2H3. The summed E-state index contributed by atoms with van der Waals surface area (Å²) in [6, 6.07) is 9.96. The summed E-state index contributed by atoms with van der Waals surface area (Å²) in [5, 5.41) is 0.760. The first-order valence-electron chi connectivity index (χ1n) is 6.21. The predicted octanol–water partition coefficient (Wildman–Crippen LogP) is 3.14. The summed E-state index contributed by atoms with van der Waals surface area (Å²) in [7, 11) is 2.05. The van der Waals surface area contributed by atoms with Gasteiger partial charge in [-0.3, -0.25) is 4.98 Å². The van der Waals surface area contributed by atoms with E-state index in [-0.39, 0.29) is 0 Å². The third-order valence-corrected chi connectivity index (χ3v) is 3.27. The summed E-state index contributed by atoms with van der Waals surface area (Å²) in [6.07, 6.45) is 1.85.